The molecule has 1 rings (SSSR count). The number of halogens is 1. The van der Waals surface area contributed by atoms with Crippen molar-refractivity contribution in [2.45, 2.75) is 0 Å². The third-order valence-electron chi connectivity index (χ3n) is 1.66. The molecule has 1 aromatic carbocycles. The van der Waals surface area contributed by atoms with Crippen LogP contribution < -0.4 is 10.2 Å². The van der Waals surface area contributed by atoms with Crippen LogP contribution in [0.3, 0.4) is 0 Å². The predicted octanol–water partition coefficient (Wildman–Crippen LogP) is 1.65. The molecule has 5 nitrogen and oxygen atoms in total. The molecule has 0 heterocycles. The zero-order valence-electron chi connectivity index (χ0n) is 8.36. The van der Waals surface area contributed by atoms with E-state index in [9.17, 15) is 4.39 Å². The lowest BCUT2D eigenvalue weighted by molar-refractivity contribution is 0.387. The predicted molar refractivity (Wildman–Crippen MR) is 55.2 cm³/mol. The SMILES string of the molecule is COc1cc(NN=C(C#N)C#N)ccc1F. The molecular formula is C10H7FN4O. The maximum absolute atomic E-state index is 13.0. The lowest BCUT2D eigenvalue weighted by Crippen LogP contribution is -1.97. The van der Waals surface area contributed by atoms with Gasteiger partial charge in [0.2, 0.25) is 5.71 Å². The lowest BCUT2D eigenvalue weighted by atomic mass is 10.3. The van der Waals surface area contributed by atoms with Crippen LogP contribution in [0.4, 0.5) is 10.1 Å². The average molecular weight is 218 g/mol. The molecule has 6 heteroatoms. The number of nitrogens with one attached hydrogen (secondary N) is 1. The molecule has 16 heavy (non-hydrogen) atoms. The molecule has 0 fully saturated rings. The summed E-state index contributed by atoms with van der Waals surface area (Å²) in [5, 5.41) is 20.3. The maximum Gasteiger partial charge on any atom is 0.237 e. The van der Waals surface area contributed by atoms with Gasteiger partial charge in [-0.1, -0.05) is 0 Å². The highest BCUT2D eigenvalue weighted by atomic mass is 19.1. The van der Waals surface area contributed by atoms with Gasteiger partial charge < -0.3 is 4.74 Å². The Labute approximate surface area is 91.4 Å². The first-order valence-electron chi connectivity index (χ1n) is 4.18. The molecule has 0 aliphatic rings. The Morgan fingerprint density at radius 3 is 2.69 bits per heavy atom. The first kappa shape index (κ1) is 11.5. The molecule has 0 aliphatic carbocycles. The number of nitrogens with zero attached hydrogens (tertiary/aromatic N) is 3. The molecule has 0 bridgehead atoms. The Kier molecular flexibility index (Phi) is 3.82. The third kappa shape index (κ3) is 2.69. The number of rotatable bonds is 3. The van der Waals surface area contributed by atoms with Gasteiger partial charge in [0.25, 0.3) is 0 Å². The highest BCUT2D eigenvalue weighted by Gasteiger charge is 2.02. The van der Waals surface area contributed by atoms with E-state index in [0.717, 1.165) is 0 Å². The van der Waals surface area contributed by atoms with Crippen molar-refractivity contribution in [2.24, 2.45) is 5.10 Å². The van der Waals surface area contributed by atoms with Crippen LogP contribution in [0.15, 0.2) is 23.3 Å². The zero-order chi connectivity index (χ0) is 12.0. The van der Waals surface area contributed by atoms with E-state index in [1.807, 2.05) is 0 Å². The highest BCUT2D eigenvalue weighted by Crippen LogP contribution is 2.21. The molecule has 1 N–H and O–H groups in total. The van der Waals surface area contributed by atoms with E-state index < -0.39 is 5.82 Å². The number of hydrogen-bond acceptors (Lipinski definition) is 5. The third-order valence-corrected chi connectivity index (χ3v) is 1.66. The first-order valence-corrected chi connectivity index (χ1v) is 4.18. The van der Waals surface area contributed by atoms with Crippen LogP contribution in [-0.2, 0) is 0 Å². The van der Waals surface area contributed by atoms with Crippen LogP contribution in [0.1, 0.15) is 0 Å². The summed E-state index contributed by atoms with van der Waals surface area (Å²) >= 11 is 0. The second kappa shape index (κ2) is 5.32. The molecule has 0 atom stereocenters. The fourth-order valence-electron chi connectivity index (χ4n) is 0.925. The summed E-state index contributed by atoms with van der Waals surface area (Å²) in [5.74, 6) is -0.450. The quantitative estimate of drug-likeness (QED) is 0.617. The van der Waals surface area contributed by atoms with Gasteiger partial charge in [0.05, 0.1) is 12.8 Å². The molecule has 0 aliphatic heterocycles. The van der Waals surface area contributed by atoms with Gasteiger partial charge in [-0.3, -0.25) is 5.43 Å². The van der Waals surface area contributed by atoms with E-state index in [1.54, 1.807) is 12.1 Å². The molecular weight excluding hydrogens is 211 g/mol. The van der Waals surface area contributed by atoms with Gasteiger partial charge in [0, 0.05) is 6.07 Å². The zero-order valence-corrected chi connectivity index (χ0v) is 8.36. The van der Waals surface area contributed by atoms with Crippen molar-refractivity contribution in [3.8, 4) is 17.9 Å². The van der Waals surface area contributed by atoms with E-state index in [2.05, 4.69) is 10.5 Å². The van der Waals surface area contributed by atoms with E-state index in [0.29, 0.717) is 5.69 Å². The number of hydrazone groups is 1. The van der Waals surface area contributed by atoms with E-state index in [4.69, 9.17) is 15.3 Å². The molecule has 1 aromatic rings. The minimum Gasteiger partial charge on any atom is -0.494 e. The molecule has 0 saturated heterocycles. The van der Waals surface area contributed by atoms with Crippen LogP contribution in [-0.4, -0.2) is 12.8 Å². The van der Waals surface area contributed by atoms with Gasteiger partial charge >= 0.3 is 0 Å². The number of anilines is 1. The van der Waals surface area contributed by atoms with Gasteiger partial charge in [0.1, 0.15) is 12.1 Å². The Hall–Kier alpha value is -2.60. The summed E-state index contributed by atoms with van der Waals surface area (Å²) in [6.45, 7) is 0. The lowest BCUT2D eigenvalue weighted by Gasteiger charge is -2.04. The Morgan fingerprint density at radius 1 is 1.44 bits per heavy atom. The number of benzene rings is 1. The number of ether oxygens (including phenoxy) is 1. The molecule has 80 valence electrons. The van der Waals surface area contributed by atoms with Crippen molar-refractivity contribution in [3.63, 3.8) is 0 Å². The monoisotopic (exact) mass is 218 g/mol. The van der Waals surface area contributed by atoms with Crippen molar-refractivity contribution >= 4 is 11.4 Å². The van der Waals surface area contributed by atoms with E-state index in [1.165, 1.54) is 25.3 Å². The smallest absolute Gasteiger partial charge is 0.237 e. The van der Waals surface area contributed by atoms with Crippen molar-refractivity contribution in [3.05, 3.63) is 24.0 Å². The Morgan fingerprint density at radius 2 is 2.12 bits per heavy atom. The molecule has 0 unspecified atom stereocenters. The number of hydrogen-bond donors (Lipinski definition) is 1. The topological polar surface area (TPSA) is 81.2 Å². The normalized spacial score (nSPS) is 8.50. The molecule has 0 radical (unpaired) electrons. The minimum absolute atomic E-state index is 0.0515. The van der Waals surface area contributed by atoms with Crippen LogP contribution in [0.5, 0.6) is 5.75 Å². The summed E-state index contributed by atoms with van der Waals surface area (Å²) in [4.78, 5) is 0. The van der Waals surface area contributed by atoms with Crippen molar-refractivity contribution in [1.82, 2.24) is 0 Å². The van der Waals surface area contributed by atoms with Gasteiger partial charge in [0.15, 0.2) is 11.6 Å². The van der Waals surface area contributed by atoms with Gasteiger partial charge in [-0.15, -0.1) is 0 Å². The second-order valence-electron chi connectivity index (χ2n) is 2.65. The van der Waals surface area contributed by atoms with Gasteiger partial charge in [-0.25, -0.2) is 4.39 Å². The van der Waals surface area contributed by atoms with Crippen molar-refractivity contribution in [2.75, 3.05) is 12.5 Å². The van der Waals surface area contributed by atoms with Crippen molar-refractivity contribution < 1.29 is 9.13 Å². The van der Waals surface area contributed by atoms with Crippen LogP contribution in [0.25, 0.3) is 0 Å². The van der Waals surface area contributed by atoms with E-state index in [-0.39, 0.29) is 11.5 Å². The minimum atomic E-state index is -0.502. The molecule has 0 amide bonds. The fraction of sp³-hybridized carbons (Fsp3) is 0.100. The molecule has 0 aromatic heterocycles. The highest BCUT2D eigenvalue weighted by molar-refractivity contribution is 6.10. The largest absolute Gasteiger partial charge is 0.494 e. The summed E-state index contributed by atoms with van der Waals surface area (Å²) in [6.07, 6.45) is 0. The van der Waals surface area contributed by atoms with Gasteiger partial charge in [-0.2, -0.15) is 15.6 Å². The summed E-state index contributed by atoms with van der Waals surface area (Å²) in [5.41, 5.74) is 2.55. The Bertz CT molecular complexity index is 483. The fourth-order valence-corrected chi connectivity index (χ4v) is 0.925. The molecule has 0 saturated carbocycles. The molecule has 0 spiro atoms. The number of nitriles is 2. The maximum atomic E-state index is 13.0. The van der Waals surface area contributed by atoms with Crippen LogP contribution in [0.2, 0.25) is 0 Å². The first-order chi connectivity index (χ1) is 7.71. The average Bonchev–Trinajstić information content (AvgIpc) is 2.32. The summed E-state index contributed by atoms with van der Waals surface area (Å²) in [6, 6.07) is 7.13. The Balaban J connectivity index is 2.88. The van der Waals surface area contributed by atoms with Gasteiger partial charge in [-0.05, 0) is 12.1 Å². The van der Waals surface area contributed by atoms with Crippen LogP contribution >= 0.6 is 0 Å². The number of methoxy groups -OCH3 is 1. The summed E-state index contributed by atoms with van der Waals surface area (Å²) < 4.78 is 17.8. The van der Waals surface area contributed by atoms with E-state index >= 15 is 0 Å². The van der Waals surface area contributed by atoms with Crippen molar-refractivity contribution in [1.29, 1.82) is 10.5 Å². The summed E-state index contributed by atoms with van der Waals surface area (Å²) in [7, 11) is 1.33. The van der Waals surface area contributed by atoms with Crippen LogP contribution in [0, 0.1) is 28.5 Å². The standard InChI is InChI=1S/C10H7FN4O/c1-16-10-4-7(2-3-9(10)11)14-15-8(5-12)6-13/h2-4,14H,1H3. The second-order valence-corrected chi connectivity index (χ2v) is 2.65.